The molecule has 3 heteroatoms. The molecule has 108 valence electrons. The van der Waals surface area contributed by atoms with Crippen LogP contribution in [-0.2, 0) is 4.43 Å². The van der Waals surface area contributed by atoms with Gasteiger partial charge in [0.15, 0.2) is 8.32 Å². The normalized spacial score (nSPS) is 11.6. The topological polar surface area (TPSA) is 18.5 Å². The van der Waals surface area contributed by atoms with Gasteiger partial charge in [-0.2, -0.15) is 0 Å². The van der Waals surface area contributed by atoms with Gasteiger partial charge in [-0.05, 0) is 56.2 Å². The second kappa shape index (κ2) is 7.71. The third kappa shape index (κ3) is 6.78. The molecule has 0 aromatic heterocycles. The van der Waals surface area contributed by atoms with E-state index in [1.54, 1.807) is 0 Å². The van der Waals surface area contributed by atoms with Gasteiger partial charge in [0.2, 0.25) is 0 Å². The van der Waals surface area contributed by atoms with Gasteiger partial charge in [-0.15, -0.1) is 0 Å². The van der Waals surface area contributed by atoms with Gasteiger partial charge >= 0.3 is 0 Å². The first-order chi connectivity index (χ1) is 8.93. The molecule has 0 heterocycles. The second-order valence-corrected chi connectivity index (χ2v) is 10.2. The Balaban J connectivity index is 2.30. The predicted octanol–water partition coefficient (Wildman–Crippen LogP) is 4.70. The maximum atomic E-state index is 6.03. The Bertz CT molecular complexity index is 368. The van der Waals surface area contributed by atoms with E-state index in [0.717, 1.165) is 5.75 Å². The van der Waals surface area contributed by atoms with E-state index in [1.807, 2.05) is 0 Å². The van der Waals surface area contributed by atoms with Crippen LogP contribution in [-0.4, -0.2) is 21.5 Å². The van der Waals surface area contributed by atoms with Crippen molar-refractivity contribution in [2.24, 2.45) is 0 Å². The molecule has 0 atom stereocenters. The number of ether oxygens (including phenoxy) is 1. The number of unbranched alkanes of at least 4 members (excludes halogenated alkanes) is 1. The third-order valence-electron chi connectivity index (χ3n) is 3.17. The first-order valence-electron chi connectivity index (χ1n) is 7.28. The Labute approximate surface area is 119 Å². The van der Waals surface area contributed by atoms with Crippen molar-refractivity contribution >= 4 is 8.32 Å². The fraction of sp³-hybridized carbons (Fsp3) is 0.625. The standard InChI is InChI=1S/C16H28O2Si/c1-6-7-10-19(4,5)18-9-8-17-16-12-14(2)11-15(3)13-16/h11-13H,6-10H2,1-5H3. The van der Waals surface area contributed by atoms with Crippen molar-refractivity contribution in [3.63, 3.8) is 0 Å². The molecule has 0 unspecified atom stereocenters. The van der Waals surface area contributed by atoms with Gasteiger partial charge in [0.1, 0.15) is 12.4 Å². The minimum atomic E-state index is -1.46. The van der Waals surface area contributed by atoms with Crippen molar-refractivity contribution in [2.75, 3.05) is 13.2 Å². The van der Waals surface area contributed by atoms with Crippen LogP contribution in [0.5, 0.6) is 5.75 Å². The molecule has 0 saturated heterocycles. The number of rotatable bonds is 8. The van der Waals surface area contributed by atoms with Crippen molar-refractivity contribution in [3.05, 3.63) is 29.3 Å². The van der Waals surface area contributed by atoms with Crippen molar-refractivity contribution < 1.29 is 9.16 Å². The molecule has 0 aliphatic carbocycles. The molecular weight excluding hydrogens is 252 g/mol. The van der Waals surface area contributed by atoms with E-state index in [9.17, 15) is 0 Å². The second-order valence-electron chi connectivity index (χ2n) is 5.88. The number of aryl methyl sites for hydroxylation is 2. The highest BCUT2D eigenvalue weighted by Crippen LogP contribution is 2.17. The summed E-state index contributed by atoms with van der Waals surface area (Å²) in [6, 6.07) is 7.55. The van der Waals surface area contributed by atoms with Gasteiger partial charge in [0.05, 0.1) is 6.61 Å². The molecule has 0 aliphatic rings. The van der Waals surface area contributed by atoms with E-state index in [-0.39, 0.29) is 0 Å². The van der Waals surface area contributed by atoms with E-state index in [4.69, 9.17) is 9.16 Å². The van der Waals surface area contributed by atoms with E-state index in [0.29, 0.717) is 13.2 Å². The molecule has 0 aliphatic heterocycles. The third-order valence-corrected chi connectivity index (χ3v) is 5.72. The van der Waals surface area contributed by atoms with Gasteiger partial charge in [-0.1, -0.05) is 25.8 Å². The van der Waals surface area contributed by atoms with Crippen LogP contribution in [0.25, 0.3) is 0 Å². The molecule has 19 heavy (non-hydrogen) atoms. The van der Waals surface area contributed by atoms with Gasteiger partial charge in [-0.25, -0.2) is 0 Å². The lowest BCUT2D eigenvalue weighted by molar-refractivity contribution is 0.210. The van der Waals surface area contributed by atoms with Crippen molar-refractivity contribution in [1.82, 2.24) is 0 Å². The summed E-state index contributed by atoms with van der Waals surface area (Å²) in [5, 5.41) is 0. The smallest absolute Gasteiger partial charge is 0.186 e. The molecule has 0 radical (unpaired) electrons. The fourth-order valence-electron chi connectivity index (χ4n) is 2.17. The summed E-state index contributed by atoms with van der Waals surface area (Å²) < 4.78 is 11.8. The summed E-state index contributed by atoms with van der Waals surface area (Å²) in [7, 11) is -1.46. The maximum Gasteiger partial charge on any atom is 0.186 e. The quantitative estimate of drug-likeness (QED) is 0.507. The predicted molar refractivity (Wildman–Crippen MR) is 84.6 cm³/mol. The summed E-state index contributed by atoms with van der Waals surface area (Å²) in [6.45, 7) is 12.3. The molecule has 0 saturated carbocycles. The van der Waals surface area contributed by atoms with Crippen LogP contribution in [0.4, 0.5) is 0 Å². The zero-order chi connectivity index (χ0) is 14.3. The van der Waals surface area contributed by atoms with Crippen LogP contribution < -0.4 is 4.74 Å². The molecule has 1 aromatic rings. The van der Waals surface area contributed by atoms with Crippen molar-refractivity contribution in [2.45, 2.75) is 52.8 Å². The average molecular weight is 280 g/mol. The van der Waals surface area contributed by atoms with Gasteiger partial charge in [-0.3, -0.25) is 0 Å². The fourth-order valence-corrected chi connectivity index (χ4v) is 4.15. The minimum Gasteiger partial charge on any atom is -0.491 e. The van der Waals surface area contributed by atoms with Crippen LogP contribution in [0.3, 0.4) is 0 Å². The van der Waals surface area contributed by atoms with E-state index in [2.05, 4.69) is 52.1 Å². The Morgan fingerprint density at radius 2 is 1.63 bits per heavy atom. The van der Waals surface area contributed by atoms with Crippen LogP contribution >= 0.6 is 0 Å². The number of hydrogen-bond acceptors (Lipinski definition) is 2. The van der Waals surface area contributed by atoms with Gasteiger partial charge in [0, 0.05) is 0 Å². The molecule has 2 nitrogen and oxygen atoms in total. The Morgan fingerprint density at radius 3 is 2.21 bits per heavy atom. The molecule has 0 bridgehead atoms. The number of hydrogen-bond donors (Lipinski definition) is 0. The summed E-state index contributed by atoms with van der Waals surface area (Å²) in [4.78, 5) is 0. The summed E-state index contributed by atoms with van der Waals surface area (Å²) in [6.07, 6.45) is 2.52. The molecular formula is C16H28O2Si. The SMILES string of the molecule is CCCC[Si](C)(C)OCCOc1cc(C)cc(C)c1. The highest BCUT2D eigenvalue weighted by Gasteiger charge is 2.21. The first kappa shape index (κ1) is 16.3. The highest BCUT2D eigenvalue weighted by molar-refractivity contribution is 6.71. The average Bonchev–Trinajstić information content (AvgIpc) is 2.31. The van der Waals surface area contributed by atoms with Crippen LogP contribution in [0.2, 0.25) is 19.1 Å². The largest absolute Gasteiger partial charge is 0.491 e. The summed E-state index contributed by atoms with van der Waals surface area (Å²) in [5.74, 6) is 0.953. The van der Waals surface area contributed by atoms with Crippen LogP contribution in [0, 0.1) is 13.8 Å². The monoisotopic (exact) mass is 280 g/mol. The summed E-state index contributed by atoms with van der Waals surface area (Å²) in [5.41, 5.74) is 2.49. The zero-order valence-corrected chi connectivity index (χ0v) is 14.1. The first-order valence-corrected chi connectivity index (χ1v) is 10.4. The minimum absolute atomic E-state index is 0.644. The highest BCUT2D eigenvalue weighted by atomic mass is 28.4. The number of benzene rings is 1. The van der Waals surface area contributed by atoms with E-state index >= 15 is 0 Å². The van der Waals surface area contributed by atoms with Crippen molar-refractivity contribution in [3.8, 4) is 5.75 Å². The van der Waals surface area contributed by atoms with Crippen LogP contribution in [0.1, 0.15) is 30.9 Å². The van der Waals surface area contributed by atoms with Crippen molar-refractivity contribution in [1.29, 1.82) is 0 Å². The Morgan fingerprint density at radius 1 is 1.00 bits per heavy atom. The molecule has 0 spiro atoms. The molecule has 0 amide bonds. The molecule has 1 aromatic carbocycles. The van der Waals surface area contributed by atoms with Gasteiger partial charge < -0.3 is 9.16 Å². The Hall–Kier alpha value is -0.803. The molecule has 0 N–H and O–H groups in total. The lowest BCUT2D eigenvalue weighted by Crippen LogP contribution is -2.31. The maximum absolute atomic E-state index is 6.03. The van der Waals surface area contributed by atoms with Crippen LogP contribution in [0.15, 0.2) is 18.2 Å². The zero-order valence-electron chi connectivity index (χ0n) is 13.1. The van der Waals surface area contributed by atoms with E-state index < -0.39 is 8.32 Å². The summed E-state index contributed by atoms with van der Waals surface area (Å²) >= 11 is 0. The molecule has 0 fully saturated rings. The van der Waals surface area contributed by atoms with Gasteiger partial charge in [0.25, 0.3) is 0 Å². The Kier molecular flexibility index (Phi) is 6.59. The lowest BCUT2D eigenvalue weighted by atomic mass is 10.1. The molecule has 1 rings (SSSR count). The van der Waals surface area contributed by atoms with E-state index in [1.165, 1.54) is 30.0 Å². The lowest BCUT2D eigenvalue weighted by Gasteiger charge is -2.22.